The minimum absolute atomic E-state index is 0.0700. The van der Waals surface area contributed by atoms with Crippen LogP contribution in [0.25, 0.3) is 0 Å². The molecule has 0 aromatic heterocycles. The highest BCUT2D eigenvalue weighted by Gasteiger charge is 2.13. The van der Waals surface area contributed by atoms with Gasteiger partial charge >= 0.3 is 0 Å². The Kier molecular flexibility index (Phi) is 6.18. The van der Waals surface area contributed by atoms with E-state index in [0.29, 0.717) is 12.5 Å². The molecule has 0 fully saturated rings. The van der Waals surface area contributed by atoms with Crippen LogP contribution in [0.1, 0.15) is 40.2 Å². The standard InChI is InChI=1S/C18H25N3O/c1-13(2)11-21-17(22)14(10-19)12-20-16-8-6-15(7-9-16)18(3,4)5/h6-9,12-13,20H,11H2,1-5H3,(H,21,22)/b14-12-. The molecule has 0 unspecified atom stereocenters. The highest BCUT2D eigenvalue weighted by atomic mass is 16.1. The molecule has 0 bridgehead atoms. The van der Waals surface area contributed by atoms with Gasteiger partial charge in [-0.25, -0.2) is 0 Å². The predicted molar refractivity (Wildman–Crippen MR) is 90.3 cm³/mol. The summed E-state index contributed by atoms with van der Waals surface area (Å²) in [5.41, 5.74) is 2.25. The Hall–Kier alpha value is -2.28. The quantitative estimate of drug-likeness (QED) is 0.645. The average molecular weight is 299 g/mol. The topological polar surface area (TPSA) is 64.9 Å². The van der Waals surface area contributed by atoms with E-state index in [9.17, 15) is 4.79 Å². The van der Waals surface area contributed by atoms with Crippen molar-refractivity contribution in [1.29, 1.82) is 5.26 Å². The summed E-state index contributed by atoms with van der Waals surface area (Å²) >= 11 is 0. The van der Waals surface area contributed by atoms with Gasteiger partial charge in [0.15, 0.2) is 0 Å². The Morgan fingerprint density at radius 3 is 2.32 bits per heavy atom. The normalized spacial score (nSPS) is 12.0. The van der Waals surface area contributed by atoms with Gasteiger partial charge in [-0.05, 0) is 29.0 Å². The van der Waals surface area contributed by atoms with Crippen molar-refractivity contribution in [1.82, 2.24) is 5.32 Å². The predicted octanol–water partition coefficient (Wildman–Crippen LogP) is 3.58. The van der Waals surface area contributed by atoms with Crippen LogP contribution in [0.2, 0.25) is 0 Å². The van der Waals surface area contributed by atoms with Crippen LogP contribution in [0.4, 0.5) is 5.69 Å². The molecule has 4 nitrogen and oxygen atoms in total. The van der Waals surface area contributed by atoms with Crippen molar-refractivity contribution < 1.29 is 4.79 Å². The van der Waals surface area contributed by atoms with Gasteiger partial charge in [-0.3, -0.25) is 4.79 Å². The molecule has 22 heavy (non-hydrogen) atoms. The maximum Gasteiger partial charge on any atom is 0.263 e. The van der Waals surface area contributed by atoms with Gasteiger partial charge in [0.25, 0.3) is 5.91 Å². The molecule has 118 valence electrons. The number of nitriles is 1. The van der Waals surface area contributed by atoms with Crippen LogP contribution in [0.5, 0.6) is 0 Å². The minimum Gasteiger partial charge on any atom is -0.360 e. The van der Waals surface area contributed by atoms with Gasteiger partial charge in [-0.1, -0.05) is 46.8 Å². The molecule has 1 rings (SSSR count). The fraction of sp³-hybridized carbons (Fsp3) is 0.444. The van der Waals surface area contributed by atoms with E-state index in [1.54, 1.807) is 0 Å². The first kappa shape index (κ1) is 17.8. The van der Waals surface area contributed by atoms with Crippen molar-refractivity contribution in [3.63, 3.8) is 0 Å². The van der Waals surface area contributed by atoms with E-state index < -0.39 is 0 Å². The summed E-state index contributed by atoms with van der Waals surface area (Å²) in [5.74, 6) is -0.00296. The number of rotatable bonds is 5. The number of benzene rings is 1. The first-order valence-corrected chi connectivity index (χ1v) is 7.49. The highest BCUT2D eigenvalue weighted by molar-refractivity contribution is 5.97. The third-order valence-electron chi connectivity index (χ3n) is 3.17. The smallest absolute Gasteiger partial charge is 0.263 e. The van der Waals surface area contributed by atoms with Gasteiger partial charge < -0.3 is 10.6 Å². The Balaban J connectivity index is 2.73. The van der Waals surface area contributed by atoms with Crippen molar-refractivity contribution >= 4 is 11.6 Å². The fourth-order valence-corrected chi connectivity index (χ4v) is 1.76. The summed E-state index contributed by atoms with van der Waals surface area (Å²) in [4.78, 5) is 11.8. The number of carbonyl (C=O) groups is 1. The number of hydrogen-bond donors (Lipinski definition) is 2. The Morgan fingerprint density at radius 1 is 1.27 bits per heavy atom. The second-order valence-electron chi connectivity index (χ2n) is 6.75. The molecular weight excluding hydrogens is 274 g/mol. The van der Waals surface area contributed by atoms with Gasteiger partial charge in [0.1, 0.15) is 11.6 Å². The molecule has 0 aliphatic carbocycles. The molecule has 1 aromatic rings. The number of amides is 1. The molecule has 2 N–H and O–H groups in total. The van der Waals surface area contributed by atoms with Crippen LogP contribution in [0.15, 0.2) is 36.0 Å². The zero-order chi connectivity index (χ0) is 16.8. The third-order valence-corrected chi connectivity index (χ3v) is 3.17. The molecule has 0 atom stereocenters. The van der Waals surface area contributed by atoms with Gasteiger partial charge in [0, 0.05) is 18.4 Å². The monoisotopic (exact) mass is 299 g/mol. The first-order valence-electron chi connectivity index (χ1n) is 7.49. The first-order chi connectivity index (χ1) is 10.2. The third kappa shape index (κ3) is 5.61. The van der Waals surface area contributed by atoms with E-state index >= 15 is 0 Å². The average Bonchev–Trinajstić information content (AvgIpc) is 2.45. The number of nitrogens with one attached hydrogen (secondary N) is 2. The van der Waals surface area contributed by atoms with Gasteiger partial charge in [0.05, 0.1) is 0 Å². The van der Waals surface area contributed by atoms with Crippen molar-refractivity contribution in [2.45, 2.75) is 40.0 Å². The van der Waals surface area contributed by atoms with Crippen molar-refractivity contribution in [3.8, 4) is 6.07 Å². The molecule has 0 saturated carbocycles. The summed E-state index contributed by atoms with van der Waals surface area (Å²) < 4.78 is 0. The summed E-state index contributed by atoms with van der Waals surface area (Å²) in [5, 5.41) is 14.8. The van der Waals surface area contributed by atoms with E-state index in [0.717, 1.165) is 5.69 Å². The van der Waals surface area contributed by atoms with Crippen molar-refractivity contribution in [2.24, 2.45) is 5.92 Å². The second kappa shape index (κ2) is 7.65. The molecule has 0 radical (unpaired) electrons. The van der Waals surface area contributed by atoms with E-state index in [-0.39, 0.29) is 16.9 Å². The molecule has 1 amide bonds. The van der Waals surface area contributed by atoms with Crippen LogP contribution >= 0.6 is 0 Å². The lowest BCUT2D eigenvalue weighted by molar-refractivity contribution is -0.117. The number of anilines is 1. The Bertz CT molecular complexity index is 572. The van der Waals surface area contributed by atoms with Gasteiger partial charge in [-0.15, -0.1) is 0 Å². The molecule has 0 saturated heterocycles. The largest absolute Gasteiger partial charge is 0.360 e. The molecule has 0 heterocycles. The molecule has 0 aliphatic rings. The summed E-state index contributed by atoms with van der Waals surface area (Å²) in [6, 6.07) is 9.89. The Labute approximate surface area is 133 Å². The van der Waals surface area contributed by atoms with Crippen LogP contribution in [-0.2, 0) is 10.2 Å². The van der Waals surface area contributed by atoms with Gasteiger partial charge in [0.2, 0.25) is 0 Å². The molecule has 0 aliphatic heterocycles. The van der Waals surface area contributed by atoms with E-state index in [1.807, 2.05) is 44.2 Å². The maximum atomic E-state index is 11.8. The van der Waals surface area contributed by atoms with E-state index in [2.05, 4.69) is 31.4 Å². The number of nitrogens with zero attached hydrogens (tertiary/aromatic N) is 1. The highest BCUT2D eigenvalue weighted by Crippen LogP contribution is 2.23. The zero-order valence-electron chi connectivity index (χ0n) is 14.0. The van der Waals surface area contributed by atoms with E-state index in [1.165, 1.54) is 11.8 Å². The van der Waals surface area contributed by atoms with Crippen LogP contribution < -0.4 is 10.6 Å². The van der Waals surface area contributed by atoms with Crippen LogP contribution in [0.3, 0.4) is 0 Å². The molecule has 1 aromatic carbocycles. The summed E-state index contributed by atoms with van der Waals surface area (Å²) in [7, 11) is 0. The fourth-order valence-electron chi connectivity index (χ4n) is 1.76. The van der Waals surface area contributed by atoms with E-state index in [4.69, 9.17) is 5.26 Å². The van der Waals surface area contributed by atoms with Crippen LogP contribution in [0, 0.1) is 17.2 Å². The zero-order valence-corrected chi connectivity index (χ0v) is 14.0. The lowest BCUT2D eigenvalue weighted by Crippen LogP contribution is -2.28. The van der Waals surface area contributed by atoms with Crippen molar-refractivity contribution in [3.05, 3.63) is 41.6 Å². The lowest BCUT2D eigenvalue weighted by Gasteiger charge is -2.19. The summed E-state index contributed by atoms with van der Waals surface area (Å²) in [6.45, 7) is 11.0. The van der Waals surface area contributed by atoms with Crippen molar-refractivity contribution in [2.75, 3.05) is 11.9 Å². The molecular formula is C18H25N3O. The summed E-state index contributed by atoms with van der Waals surface area (Å²) in [6.07, 6.45) is 1.45. The molecule has 4 heteroatoms. The number of hydrogen-bond acceptors (Lipinski definition) is 3. The van der Waals surface area contributed by atoms with Crippen LogP contribution in [-0.4, -0.2) is 12.5 Å². The SMILES string of the molecule is CC(C)CNC(=O)/C(C#N)=C\Nc1ccc(C(C)(C)C)cc1. The Morgan fingerprint density at radius 2 is 1.86 bits per heavy atom. The maximum absolute atomic E-state index is 11.8. The second-order valence-corrected chi connectivity index (χ2v) is 6.75. The number of carbonyl (C=O) groups excluding carboxylic acids is 1. The van der Waals surface area contributed by atoms with Gasteiger partial charge in [-0.2, -0.15) is 5.26 Å². The lowest BCUT2D eigenvalue weighted by atomic mass is 9.87. The molecule has 0 spiro atoms. The minimum atomic E-state index is -0.352.